The van der Waals surface area contributed by atoms with Crippen molar-refractivity contribution in [2.24, 2.45) is 0 Å². The van der Waals surface area contributed by atoms with Crippen LogP contribution in [0.5, 0.6) is 5.75 Å². The minimum atomic E-state index is -0.948. The second-order valence-electron chi connectivity index (χ2n) is 9.30. The van der Waals surface area contributed by atoms with Crippen molar-refractivity contribution < 1.29 is 23.9 Å². The molecule has 0 aliphatic rings. The fraction of sp³-hybridized carbons (Fsp3) is 0.276. The number of ketones is 1. The van der Waals surface area contributed by atoms with E-state index in [4.69, 9.17) is 9.47 Å². The van der Waals surface area contributed by atoms with Gasteiger partial charge in [-0.15, -0.1) is 0 Å². The lowest BCUT2D eigenvalue weighted by Gasteiger charge is -2.20. The van der Waals surface area contributed by atoms with Gasteiger partial charge in [0.2, 0.25) is 0 Å². The van der Waals surface area contributed by atoms with Crippen molar-refractivity contribution in [3.05, 3.63) is 101 Å². The van der Waals surface area contributed by atoms with E-state index in [-0.39, 0.29) is 23.5 Å². The highest BCUT2D eigenvalue weighted by Gasteiger charge is 2.25. The van der Waals surface area contributed by atoms with Gasteiger partial charge >= 0.3 is 5.97 Å². The van der Waals surface area contributed by atoms with Gasteiger partial charge in [0.15, 0.2) is 12.4 Å². The second kappa shape index (κ2) is 11.5. The van der Waals surface area contributed by atoms with Crippen LogP contribution in [0.1, 0.15) is 52.6 Å². The molecular weight excluding hydrogens is 442 g/mol. The topological polar surface area (TPSA) is 81.7 Å². The summed E-state index contributed by atoms with van der Waals surface area (Å²) in [5, 5.41) is 2.78. The number of rotatable bonds is 9. The maximum Gasteiger partial charge on any atom is 0.329 e. The number of methoxy groups -OCH3 is 1. The number of amides is 1. The molecule has 6 heteroatoms. The van der Waals surface area contributed by atoms with E-state index in [9.17, 15) is 14.4 Å². The smallest absolute Gasteiger partial charge is 0.329 e. The van der Waals surface area contributed by atoms with Gasteiger partial charge in [0.05, 0.1) is 7.11 Å². The molecule has 0 bridgehead atoms. The summed E-state index contributed by atoms with van der Waals surface area (Å²) in [5.41, 5.74) is 2.77. The quantitative estimate of drug-likeness (QED) is 0.358. The first-order valence-corrected chi connectivity index (χ1v) is 11.5. The third-order valence-electron chi connectivity index (χ3n) is 5.64. The Hall–Kier alpha value is -3.93. The average Bonchev–Trinajstić information content (AvgIpc) is 2.86. The van der Waals surface area contributed by atoms with E-state index in [1.54, 1.807) is 43.5 Å². The Kier molecular flexibility index (Phi) is 8.42. The molecule has 3 aromatic carbocycles. The van der Waals surface area contributed by atoms with Crippen LogP contribution >= 0.6 is 0 Å². The number of carbonyl (C=O) groups is 3. The number of esters is 1. The lowest BCUT2D eigenvalue weighted by atomic mass is 9.86. The Labute approximate surface area is 206 Å². The van der Waals surface area contributed by atoms with Crippen LogP contribution in [0, 0.1) is 0 Å². The van der Waals surface area contributed by atoms with Gasteiger partial charge in [0.25, 0.3) is 5.91 Å². The van der Waals surface area contributed by atoms with Crippen molar-refractivity contribution in [3.8, 4) is 5.75 Å². The van der Waals surface area contributed by atoms with Crippen LogP contribution in [-0.2, 0) is 21.4 Å². The summed E-state index contributed by atoms with van der Waals surface area (Å²) in [6.07, 6.45) is 0.238. The van der Waals surface area contributed by atoms with Crippen molar-refractivity contribution >= 4 is 17.7 Å². The van der Waals surface area contributed by atoms with Crippen LogP contribution < -0.4 is 10.1 Å². The van der Waals surface area contributed by atoms with Crippen LogP contribution in [0.2, 0.25) is 0 Å². The lowest BCUT2D eigenvalue weighted by Crippen LogP contribution is -2.43. The molecule has 3 aromatic rings. The summed E-state index contributed by atoms with van der Waals surface area (Å²) in [4.78, 5) is 38.3. The maximum absolute atomic E-state index is 12.9. The molecule has 0 aromatic heterocycles. The monoisotopic (exact) mass is 473 g/mol. The van der Waals surface area contributed by atoms with E-state index >= 15 is 0 Å². The standard InChI is InChI=1S/C29H31NO5/c1-29(2,3)23-14-10-22(11-15-23)27(32)30-25(18-20-8-6-5-7-9-20)28(33)35-19-26(31)21-12-16-24(34-4)17-13-21/h5-17,25H,18-19H2,1-4H3,(H,30,32). The number of Topliss-reactive ketones (excluding diaryl/α,β-unsaturated/α-hetero) is 1. The summed E-state index contributed by atoms with van der Waals surface area (Å²) in [6.45, 7) is 5.87. The first-order valence-electron chi connectivity index (χ1n) is 11.5. The number of benzene rings is 3. The molecule has 6 nitrogen and oxygen atoms in total. The average molecular weight is 474 g/mol. The molecule has 0 heterocycles. The molecule has 0 fully saturated rings. The van der Waals surface area contributed by atoms with Crippen molar-refractivity contribution in [2.45, 2.75) is 38.6 Å². The first kappa shape index (κ1) is 25.7. The van der Waals surface area contributed by atoms with Crippen molar-refractivity contribution in [2.75, 3.05) is 13.7 Å². The van der Waals surface area contributed by atoms with Crippen LogP contribution in [0.3, 0.4) is 0 Å². The van der Waals surface area contributed by atoms with E-state index in [1.807, 2.05) is 42.5 Å². The van der Waals surface area contributed by atoms with E-state index in [1.165, 1.54) is 0 Å². The summed E-state index contributed by atoms with van der Waals surface area (Å²) in [7, 11) is 1.54. The highest BCUT2D eigenvalue weighted by Crippen LogP contribution is 2.22. The third-order valence-corrected chi connectivity index (χ3v) is 5.64. The number of nitrogens with one attached hydrogen (secondary N) is 1. The summed E-state index contributed by atoms with van der Waals surface area (Å²) >= 11 is 0. The van der Waals surface area contributed by atoms with E-state index in [0.29, 0.717) is 16.9 Å². The zero-order valence-corrected chi connectivity index (χ0v) is 20.5. The molecule has 0 saturated carbocycles. The molecule has 1 unspecified atom stereocenters. The fourth-order valence-corrected chi connectivity index (χ4v) is 3.50. The Morgan fingerprint density at radius 3 is 2.00 bits per heavy atom. The molecule has 35 heavy (non-hydrogen) atoms. The minimum Gasteiger partial charge on any atom is -0.497 e. The predicted molar refractivity (Wildman–Crippen MR) is 135 cm³/mol. The lowest BCUT2D eigenvalue weighted by molar-refractivity contribution is -0.144. The largest absolute Gasteiger partial charge is 0.497 e. The number of hydrogen-bond donors (Lipinski definition) is 1. The Morgan fingerprint density at radius 2 is 1.43 bits per heavy atom. The second-order valence-corrected chi connectivity index (χ2v) is 9.30. The van der Waals surface area contributed by atoms with Crippen molar-refractivity contribution in [3.63, 3.8) is 0 Å². The molecule has 0 spiro atoms. The minimum absolute atomic E-state index is 0.0366. The zero-order valence-electron chi connectivity index (χ0n) is 20.5. The molecule has 182 valence electrons. The zero-order chi connectivity index (χ0) is 25.4. The Balaban J connectivity index is 1.70. The predicted octanol–water partition coefficient (Wildman–Crippen LogP) is 4.76. The molecule has 0 aliphatic carbocycles. The number of carbonyl (C=O) groups excluding carboxylic acids is 3. The van der Waals surface area contributed by atoms with Gasteiger partial charge in [-0.2, -0.15) is 0 Å². The molecule has 1 amide bonds. The molecular formula is C29H31NO5. The van der Waals surface area contributed by atoms with Crippen molar-refractivity contribution in [1.82, 2.24) is 5.32 Å². The Morgan fingerprint density at radius 1 is 0.829 bits per heavy atom. The molecule has 1 N–H and O–H groups in total. The summed E-state index contributed by atoms with van der Waals surface area (Å²) in [6, 6.07) is 22.2. The van der Waals surface area contributed by atoms with Gasteiger partial charge in [0, 0.05) is 17.5 Å². The van der Waals surface area contributed by atoms with Gasteiger partial charge in [-0.3, -0.25) is 9.59 Å². The van der Waals surface area contributed by atoms with Gasteiger partial charge < -0.3 is 14.8 Å². The maximum atomic E-state index is 12.9. The number of hydrogen-bond acceptors (Lipinski definition) is 5. The fourth-order valence-electron chi connectivity index (χ4n) is 3.50. The van der Waals surface area contributed by atoms with Gasteiger partial charge in [-0.05, 0) is 52.9 Å². The number of ether oxygens (including phenoxy) is 2. The van der Waals surface area contributed by atoms with Crippen LogP contribution in [0.4, 0.5) is 0 Å². The first-order chi connectivity index (χ1) is 16.7. The van der Waals surface area contributed by atoms with Crippen LogP contribution in [0.25, 0.3) is 0 Å². The van der Waals surface area contributed by atoms with E-state index in [2.05, 4.69) is 26.1 Å². The summed E-state index contributed by atoms with van der Waals surface area (Å²) in [5.74, 6) is -0.775. The molecule has 0 saturated heterocycles. The van der Waals surface area contributed by atoms with E-state index < -0.39 is 18.6 Å². The van der Waals surface area contributed by atoms with Crippen molar-refractivity contribution in [1.29, 1.82) is 0 Å². The summed E-state index contributed by atoms with van der Waals surface area (Å²) < 4.78 is 10.4. The van der Waals surface area contributed by atoms with E-state index in [0.717, 1.165) is 11.1 Å². The van der Waals surface area contributed by atoms with Crippen LogP contribution in [0.15, 0.2) is 78.9 Å². The molecule has 0 radical (unpaired) electrons. The van der Waals surface area contributed by atoms with Gasteiger partial charge in [-0.25, -0.2) is 4.79 Å². The molecule has 0 aliphatic heterocycles. The molecule has 1 atom stereocenters. The SMILES string of the molecule is COc1ccc(C(=O)COC(=O)C(Cc2ccccc2)NC(=O)c2ccc(C(C)(C)C)cc2)cc1. The third kappa shape index (κ3) is 7.27. The highest BCUT2D eigenvalue weighted by molar-refractivity contribution is 5.99. The Bertz CT molecular complexity index is 1150. The van der Waals surface area contributed by atoms with Crippen LogP contribution in [-0.4, -0.2) is 37.4 Å². The molecule has 3 rings (SSSR count). The van der Waals surface area contributed by atoms with Gasteiger partial charge in [0.1, 0.15) is 11.8 Å². The normalized spacial score (nSPS) is 11.9. The van der Waals surface area contributed by atoms with Gasteiger partial charge in [-0.1, -0.05) is 63.2 Å². The highest BCUT2D eigenvalue weighted by atomic mass is 16.5.